The number of nitrogens with one attached hydrogen (secondary N) is 1. The number of aliphatic carboxylic acids is 1. The van der Waals surface area contributed by atoms with Crippen LogP contribution in [0.5, 0.6) is 0 Å². The van der Waals surface area contributed by atoms with Gasteiger partial charge in [-0.15, -0.1) is 0 Å². The molecule has 128 valence electrons. The summed E-state index contributed by atoms with van der Waals surface area (Å²) < 4.78 is 0. The van der Waals surface area contributed by atoms with Gasteiger partial charge in [-0.2, -0.15) is 0 Å². The minimum atomic E-state index is -0.842. The first-order valence-electron chi connectivity index (χ1n) is 8.25. The normalized spacial score (nSPS) is 14.1. The van der Waals surface area contributed by atoms with Crippen molar-refractivity contribution in [2.24, 2.45) is 17.3 Å². The summed E-state index contributed by atoms with van der Waals surface area (Å²) in [4.78, 5) is 23.3. The van der Waals surface area contributed by atoms with Crippen LogP contribution in [0.25, 0.3) is 0 Å². The van der Waals surface area contributed by atoms with E-state index in [-0.39, 0.29) is 12.5 Å². The Balaban J connectivity index is 2.45. The molecule has 4 heteroatoms. The van der Waals surface area contributed by atoms with Gasteiger partial charge in [-0.05, 0) is 30.7 Å². The number of carbonyl (C=O) groups is 2. The van der Waals surface area contributed by atoms with Crippen LogP contribution in [0.4, 0.5) is 0 Å². The summed E-state index contributed by atoms with van der Waals surface area (Å²) in [6.45, 7) is 7.73. The predicted molar refractivity (Wildman–Crippen MR) is 92.1 cm³/mol. The molecule has 1 aromatic carbocycles. The van der Waals surface area contributed by atoms with E-state index < -0.39 is 17.3 Å². The van der Waals surface area contributed by atoms with Gasteiger partial charge in [-0.25, -0.2) is 0 Å². The summed E-state index contributed by atoms with van der Waals surface area (Å²) in [6.07, 6.45) is 2.47. The van der Waals surface area contributed by atoms with Crippen molar-refractivity contribution < 1.29 is 14.7 Å². The number of amides is 1. The fraction of sp³-hybridized carbons (Fsp3) is 0.579. The third-order valence-corrected chi connectivity index (χ3v) is 3.99. The Labute approximate surface area is 139 Å². The maximum absolute atomic E-state index is 11.9. The molecule has 1 amide bonds. The van der Waals surface area contributed by atoms with E-state index in [2.05, 4.69) is 24.4 Å². The van der Waals surface area contributed by atoms with E-state index in [1.54, 1.807) is 0 Å². The highest BCUT2D eigenvalue weighted by Gasteiger charge is 2.25. The maximum atomic E-state index is 11.9. The molecule has 0 aliphatic heterocycles. The van der Waals surface area contributed by atoms with Gasteiger partial charge in [-0.1, -0.05) is 58.0 Å². The second-order valence-corrected chi connectivity index (χ2v) is 7.36. The fourth-order valence-electron chi connectivity index (χ4n) is 2.41. The van der Waals surface area contributed by atoms with Crippen molar-refractivity contribution in [2.45, 2.75) is 47.0 Å². The molecule has 0 radical (unpaired) electrons. The summed E-state index contributed by atoms with van der Waals surface area (Å²) in [5.41, 5.74) is 0.773. The summed E-state index contributed by atoms with van der Waals surface area (Å²) in [5, 5.41) is 12.1. The molecule has 4 nitrogen and oxygen atoms in total. The zero-order valence-electron chi connectivity index (χ0n) is 14.6. The summed E-state index contributed by atoms with van der Waals surface area (Å²) in [5.74, 6) is -1.19. The van der Waals surface area contributed by atoms with Crippen molar-refractivity contribution in [3.63, 3.8) is 0 Å². The topological polar surface area (TPSA) is 66.4 Å². The molecule has 0 saturated carbocycles. The van der Waals surface area contributed by atoms with Gasteiger partial charge in [0, 0.05) is 12.0 Å². The lowest BCUT2D eigenvalue weighted by molar-refractivity contribution is -0.142. The van der Waals surface area contributed by atoms with Crippen molar-refractivity contribution in [3.8, 4) is 0 Å². The monoisotopic (exact) mass is 319 g/mol. The van der Waals surface area contributed by atoms with E-state index in [0.717, 1.165) is 12.8 Å². The lowest BCUT2D eigenvalue weighted by Crippen LogP contribution is -2.39. The average Bonchev–Trinajstić information content (AvgIpc) is 2.48. The van der Waals surface area contributed by atoms with Crippen LogP contribution < -0.4 is 5.32 Å². The second kappa shape index (κ2) is 8.70. The maximum Gasteiger partial charge on any atom is 0.308 e. The first-order chi connectivity index (χ1) is 10.7. The molecular weight excluding hydrogens is 290 g/mol. The first kappa shape index (κ1) is 19.2. The molecule has 0 heterocycles. The molecule has 2 unspecified atom stereocenters. The van der Waals surface area contributed by atoms with Crippen molar-refractivity contribution in [2.75, 3.05) is 6.54 Å². The second-order valence-electron chi connectivity index (χ2n) is 7.36. The third-order valence-electron chi connectivity index (χ3n) is 3.99. The van der Waals surface area contributed by atoms with Crippen molar-refractivity contribution >= 4 is 11.9 Å². The van der Waals surface area contributed by atoms with Crippen molar-refractivity contribution in [3.05, 3.63) is 35.9 Å². The van der Waals surface area contributed by atoms with Gasteiger partial charge in [0.2, 0.25) is 5.91 Å². The highest BCUT2D eigenvalue weighted by atomic mass is 16.4. The van der Waals surface area contributed by atoms with Gasteiger partial charge in [0.15, 0.2) is 0 Å². The number of carboxylic acid groups (broad SMARTS) is 1. The molecule has 0 spiro atoms. The molecule has 23 heavy (non-hydrogen) atoms. The molecule has 2 atom stereocenters. The average molecular weight is 319 g/mol. The third kappa shape index (κ3) is 7.31. The molecular formula is C19H29NO3. The van der Waals surface area contributed by atoms with Crippen LogP contribution in [0.3, 0.4) is 0 Å². The van der Waals surface area contributed by atoms with Crippen LogP contribution in [0.15, 0.2) is 30.3 Å². The Morgan fingerprint density at radius 1 is 1.17 bits per heavy atom. The van der Waals surface area contributed by atoms with Gasteiger partial charge >= 0.3 is 5.97 Å². The largest absolute Gasteiger partial charge is 0.481 e. The number of hydrogen-bond donors (Lipinski definition) is 2. The lowest BCUT2D eigenvalue weighted by atomic mass is 9.90. The Kier molecular flexibility index (Phi) is 7.27. The van der Waals surface area contributed by atoms with E-state index in [1.807, 2.05) is 39.0 Å². The quantitative estimate of drug-likeness (QED) is 0.770. The molecule has 0 fully saturated rings. The Bertz CT molecular complexity index is 505. The van der Waals surface area contributed by atoms with Crippen LogP contribution in [-0.4, -0.2) is 23.5 Å². The highest BCUT2D eigenvalue weighted by Crippen LogP contribution is 2.19. The number of benzene rings is 1. The molecule has 0 bridgehead atoms. The standard InChI is InChI=1S/C19H29NO3/c1-14(10-11-15-8-6-5-7-9-15)12-16(17(21)22)13-20-18(23)19(2,3)4/h5-9,14,16H,10-13H2,1-4H3,(H,20,23)(H,21,22). The molecule has 0 aromatic heterocycles. The van der Waals surface area contributed by atoms with Crippen LogP contribution in [0, 0.1) is 17.3 Å². The number of aryl methyl sites for hydroxylation is 1. The number of carboxylic acids is 1. The summed E-state index contributed by atoms with van der Waals surface area (Å²) in [7, 11) is 0. The molecule has 0 saturated heterocycles. The van der Waals surface area contributed by atoms with Gasteiger partial charge in [-0.3, -0.25) is 9.59 Å². The summed E-state index contributed by atoms with van der Waals surface area (Å²) in [6, 6.07) is 10.2. The zero-order valence-corrected chi connectivity index (χ0v) is 14.6. The van der Waals surface area contributed by atoms with Crippen LogP contribution in [0.2, 0.25) is 0 Å². The molecule has 1 rings (SSSR count). The first-order valence-corrected chi connectivity index (χ1v) is 8.25. The van der Waals surface area contributed by atoms with Crippen molar-refractivity contribution in [1.29, 1.82) is 0 Å². The summed E-state index contributed by atoms with van der Waals surface area (Å²) >= 11 is 0. The fourth-order valence-corrected chi connectivity index (χ4v) is 2.41. The molecule has 1 aromatic rings. The van der Waals surface area contributed by atoms with Crippen LogP contribution >= 0.6 is 0 Å². The Hall–Kier alpha value is -1.84. The molecule has 0 aliphatic carbocycles. The van der Waals surface area contributed by atoms with Crippen molar-refractivity contribution in [1.82, 2.24) is 5.32 Å². The minimum Gasteiger partial charge on any atom is -0.481 e. The van der Waals surface area contributed by atoms with E-state index in [4.69, 9.17) is 0 Å². The van der Waals surface area contributed by atoms with E-state index in [9.17, 15) is 14.7 Å². The number of rotatable bonds is 8. The predicted octanol–water partition coefficient (Wildman–Crippen LogP) is 3.51. The Morgan fingerprint density at radius 3 is 2.30 bits per heavy atom. The molecule has 0 aliphatic rings. The smallest absolute Gasteiger partial charge is 0.308 e. The van der Waals surface area contributed by atoms with Gasteiger partial charge in [0.1, 0.15) is 0 Å². The van der Waals surface area contributed by atoms with Crippen LogP contribution in [-0.2, 0) is 16.0 Å². The zero-order chi connectivity index (χ0) is 17.5. The van der Waals surface area contributed by atoms with Crippen LogP contribution in [0.1, 0.15) is 46.1 Å². The molecule has 2 N–H and O–H groups in total. The van der Waals surface area contributed by atoms with Gasteiger partial charge in [0.25, 0.3) is 0 Å². The Morgan fingerprint density at radius 2 is 1.78 bits per heavy atom. The lowest BCUT2D eigenvalue weighted by Gasteiger charge is -2.22. The van der Waals surface area contributed by atoms with Gasteiger partial charge in [0.05, 0.1) is 5.92 Å². The SMILES string of the molecule is CC(CCc1ccccc1)CC(CNC(=O)C(C)(C)C)C(=O)O. The van der Waals surface area contributed by atoms with E-state index >= 15 is 0 Å². The number of carbonyl (C=O) groups excluding carboxylic acids is 1. The van der Waals surface area contributed by atoms with Gasteiger partial charge < -0.3 is 10.4 Å². The number of hydrogen-bond acceptors (Lipinski definition) is 2. The highest BCUT2D eigenvalue weighted by molar-refractivity contribution is 5.82. The van der Waals surface area contributed by atoms with E-state index in [1.165, 1.54) is 5.56 Å². The van der Waals surface area contributed by atoms with E-state index in [0.29, 0.717) is 12.3 Å². The minimum absolute atomic E-state index is 0.110.